The zero-order valence-corrected chi connectivity index (χ0v) is 15.6. The summed E-state index contributed by atoms with van der Waals surface area (Å²) in [7, 11) is 0. The topological polar surface area (TPSA) is 55.8 Å². The van der Waals surface area contributed by atoms with Crippen molar-refractivity contribution in [1.82, 2.24) is 4.90 Å². The van der Waals surface area contributed by atoms with Crippen LogP contribution >= 0.6 is 0 Å². The lowest BCUT2D eigenvalue weighted by Gasteiger charge is -2.35. The van der Waals surface area contributed by atoms with Gasteiger partial charge in [0.15, 0.2) is 0 Å². The smallest absolute Gasteiger partial charge is 0.411 e. The normalized spacial score (nSPS) is 18.9. The molecule has 142 valence electrons. The predicted octanol–water partition coefficient (Wildman–Crippen LogP) is 3.96. The number of benzene rings is 2. The number of carbonyl (C=O) groups is 2. The summed E-state index contributed by atoms with van der Waals surface area (Å²) in [6.45, 7) is 2.73. The van der Waals surface area contributed by atoms with Crippen molar-refractivity contribution in [2.75, 3.05) is 13.2 Å². The molecule has 5 nitrogen and oxygen atoms in total. The summed E-state index contributed by atoms with van der Waals surface area (Å²) in [5.41, 5.74) is 0.897. The van der Waals surface area contributed by atoms with Gasteiger partial charge in [-0.3, -0.25) is 4.90 Å². The monoisotopic (exact) mass is 367 g/mol. The van der Waals surface area contributed by atoms with Crippen molar-refractivity contribution in [3.8, 4) is 0 Å². The maximum atomic E-state index is 12.9. The molecule has 1 saturated heterocycles. The summed E-state index contributed by atoms with van der Waals surface area (Å²) in [4.78, 5) is 27.3. The third kappa shape index (κ3) is 4.30. The second-order valence-electron chi connectivity index (χ2n) is 6.71. The van der Waals surface area contributed by atoms with Crippen LogP contribution in [0, 0.1) is 0 Å². The largest absolute Gasteiger partial charge is 0.464 e. The van der Waals surface area contributed by atoms with Gasteiger partial charge in [0.25, 0.3) is 0 Å². The average molecular weight is 367 g/mol. The van der Waals surface area contributed by atoms with E-state index < -0.39 is 11.6 Å². The first-order valence-corrected chi connectivity index (χ1v) is 9.35. The number of carbonyl (C=O) groups excluding carboxylic acids is 2. The van der Waals surface area contributed by atoms with Crippen molar-refractivity contribution in [3.05, 3.63) is 71.8 Å². The Labute approximate surface area is 159 Å². The molecule has 2 aromatic carbocycles. The standard InChI is InChI=1S/C22H25NO4/c1-2-26-20(24)22(16-18-10-5-3-6-11-18)14-9-15-23(22)21(25)27-17-19-12-7-4-8-13-19/h3-8,10-13H,2,9,14-17H2,1H3/t22-/m1/s1. The second kappa shape index (κ2) is 8.71. The first kappa shape index (κ1) is 19.0. The Bertz CT molecular complexity index is 762. The van der Waals surface area contributed by atoms with Crippen LogP contribution in [0.5, 0.6) is 0 Å². The summed E-state index contributed by atoms with van der Waals surface area (Å²) >= 11 is 0. The Hall–Kier alpha value is -2.82. The molecule has 27 heavy (non-hydrogen) atoms. The Kier molecular flexibility index (Phi) is 6.12. The maximum absolute atomic E-state index is 12.9. The summed E-state index contributed by atoms with van der Waals surface area (Å²) < 4.78 is 10.9. The molecule has 0 N–H and O–H groups in total. The van der Waals surface area contributed by atoms with Crippen molar-refractivity contribution in [1.29, 1.82) is 0 Å². The molecule has 1 fully saturated rings. The van der Waals surface area contributed by atoms with E-state index in [2.05, 4.69) is 0 Å². The quantitative estimate of drug-likeness (QED) is 0.725. The fourth-order valence-electron chi connectivity index (χ4n) is 3.61. The third-order valence-corrected chi connectivity index (χ3v) is 4.91. The molecular weight excluding hydrogens is 342 g/mol. The Morgan fingerprint density at radius 2 is 1.59 bits per heavy atom. The molecule has 1 aliphatic rings. The SMILES string of the molecule is CCOC(=O)[C@]1(Cc2ccccc2)CCCN1C(=O)OCc1ccccc1. The Morgan fingerprint density at radius 3 is 2.22 bits per heavy atom. The van der Waals surface area contributed by atoms with Gasteiger partial charge >= 0.3 is 12.1 Å². The van der Waals surface area contributed by atoms with Crippen molar-refractivity contribution < 1.29 is 19.1 Å². The lowest BCUT2D eigenvalue weighted by atomic mass is 9.88. The minimum Gasteiger partial charge on any atom is -0.464 e. The fraction of sp³-hybridized carbons (Fsp3) is 0.364. The van der Waals surface area contributed by atoms with Crippen LogP contribution in [0.4, 0.5) is 4.79 Å². The molecular formula is C22H25NO4. The lowest BCUT2D eigenvalue weighted by molar-refractivity contribution is -0.155. The fourth-order valence-corrected chi connectivity index (χ4v) is 3.61. The third-order valence-electron chi connectivity index (χ3n) is 4.91. The van der Waals surface area contributed by atoms with Crippen molar-refractivity contribution in [2.24, 2.45) is 0 Å². The van der Waals surface area contributed by atoms with E-state index in [0.29, 0.717) is 19.4 Å². The summed E-state index contributed by atoms with van der Waals surface area (Å²) in [6.07, 6.45) is 1.26. The van der Waals surface area contributed by atoms with Gasteiger partial charge in [-0.1, -0.05) is 60.7 Å². The van der Waals surface area contributed by atoms with E-state index in [1.807, 2.05) is 60.7 Å². The first-order valence-electron chi connectivity index (χ1n) is 9.35. The molecule has 5 heteroatoms. The van der Waals surface area contributed by atoms with Gasteiger partial charge in [0.05, 0.1) is 6.61 Å². The van der Waals surface area contributed by atoms with Crippen LogP contribution < -0.4 is 0 Å². The van der Waals surface area contributed by atoms with E-state index in [1.54, 1.807) is 11.8 Å². The van der Waals surface area contributed by atoms with Crippen molar-refractivity contribution >= 4 is 12.1 Å². The van der Waals surface area contributed by atoms with Gasteiger partial charge in [-0.15, -0.1) is 0 Å². The molecule has 0 spiro atoms. The highest BCUT2D eigenvalue weighted by atomic mass is 16.6. The highest BCUT2D eigenvalue weighted by Gasteiger charge is 2.51. The summed E-state index contributed by atoms with van der Waals surface area (Å²) in [6, 6.07) is 19.2. The van der Waals surface area contributed by atoms with Gasteiger partial charge < -0.3 is 9.47 Å². The highest BCUT2D eigenvalue weighted by Crippen LogP contribution is 2.35. The van der Waals surface area contributed by atoms with E-state index in [9.17, 15) is 9.59 Å². The zero-order chi connectivity index (χ0) is 19.1. The molecule has 3 rings (SSSR count). The van der Waals surface area contributed by atoms with Gasteiger partial charge in [-0.2, -0.15) is 0 Å². The first-order chi connectivity index (χ1) is 13.2. The summed E-state index contributed by atoms with van der Waals surface area (Å²) in [5.74, 6) is -0.358. The molecule has 1 aliphatic heterocycles. The molecule has 0 aromatic heterocycles. The molecule has 2 aromatic rings. The van der Waals surface area contributed by atoms with Gasteiger partial charge in [0, 0.05) is 13.0 Å². The maximum Gasteiger partial charge on any atom is 0.411 e. The molecule has 0 bridgehead atoms. The number of nitrogens with zero attached hydrogens (tertiary/aromatic N) is 1. The molecule has 1 amide bonds. The average Bonchev–Trinajstić information content (AvgIpc) is 3.13. The molecule has 0 saturated carbocycles. The van der Waals surface area contributed by atoms with Crippen molar-refractivity contribution in [2.45, 2.75) is 38.3 Å². The van der Waals surface area contributed by atoms with Crippen LogP contribution in [0.25, 0.3) is 0 Å². The van der Waals surface area contributed by atoms with Crippen LogP contribution in [-0.2, 0) is 27.3 Å². The van der Waals surface area contributed by atoms with Crippen LogP contribution in [0.15, 0.2) is 60.7 Å². The zero-order valence-electron chi connectivity index (χ0n) is 15.6. The number of esters is 1. The van der Waals surface area contributed by atoms with E-state index in [-0.39, 0.29) is 19.2 Å². The lowest BCUT2D eigenvalue weighted by Crippen LogP contribution is -2.55. The Morgan fingerprint density at radius 1 is 0.963 bits per heavy atom. The van der Waals surface area contributed by atoms with E-state index in [0.717, 1.165) is 17.5 Å². The second-order valence-corrected chi connectivity index (χ2v) is 6.71. The molecule has 1 heterocycles. The molecule has 1 atom stereocenters. The van der Waals surface area contributed by atoms with E-state index >= 15 is 0 Å². The van der Waals surface area contributed by atoms with Gasteiger partial charge in [0.2, 0.25) is 0 Å². The van der Waals surface area contributed by atoms with Crippen LogP contribution in [0.3, 0.4) is 0 Å². The van der Waals surface area contributed by atoms with Crippen molar-refractivity contribution in [3.63, 3.8) is 0 Å². The number of amides is 1. The molecule has 0 aliphatic carbocycles. The number of hydrogen-bond donors (Lipinski definition) is 0. The van der Waals surface area contributed by atoms with Gasteiger partial charge in [0.1, 0.15) is 12.1 Å². The van der Waals surface area contributed by atoms with Crippen LogP contribution in [-0.4, -0.2) is 35.7 Å². The van der Waals surface area contributed by atoms with Crippen LogP contribution in [0.2, 0.25) is 0 Å². The molecule has 0 radical (unpaired) electrons. The van der Waals surface area contributed by atoms with E-state index in [4.69, 9.17) is 9.47 Å². The Balaban J connectivity index is 1.80. The summed E-state index contributed by atoms with van der Waals surface area (Å²) in [5, 5.41) is 0. The molecule has 0 unspecified atom stereocenters. The van der Waals surface area contributed by atoms with Gasteiger partial charge in [-0.25, -0.2) is 9.59 Å². The highest BCUT2D eigenvalue weighted by molar-refractivity contribution is 5.87. The minimum absolute atomic E-state index is 0.181. The van der Waals surface area contributed by atoms with Gasteiger partial charge in [-0.05, 0) is 30.9 Å². The minimum atomic E-state index is -1.01. The van der Waals surface area contributed by atoms with Crippen LogP contribution in [0.1, 0.15) is 30.9 Å². The number of likely N-dealkylation sites (tertiary alicyclic amines) is 1. The predicted molar refractivity (Wildman–Crippen MR) is 102 cm³/mol. The number of rotatable bonds is 6. The number of hydrogen-bond acceptors (Lipinski definition) is 4. The number of ether oxygens (including phenoxy) is 2. The van der Waals surface area contributed by atoms with E-state index in [1.165, 1.54) is 0 Å².